The number of nitrogens with zero attached hydrogens (tertiary/aromatic N) is 3. The molecule has 0 fully saturated rings. The highest BCUT2D eigenvalue weighted by Crippen LogP contribution is 1.90. The number of aromatic nitrogens is 4. The zero-order valence-corrected chi connectivity index (χ0v) is 4.98. The van der Waals surface area contributed by atoms with Gasteiger partial charge in [-0.2, -0.15) is 4.98 Å². The third-order valence-corrected chi connectivity index (χ3v) is 1.20. The van der Waals surface area contributed by atoms with E-state index in [1.54, 1.807) is 6.20 Å². The van der Waals surface area contributed by atoms with Crippen molar-refractivity contribution in [3.05, 3.63) is 29.2 Å². The highest BCUT2D eigenvalue weighted by atomic mass is 16.1. The van der Waals surface area contributed by atoms with Gasteiger partial charge in [0.1, 0.15) is 11.8 Å². The summed E-state index contributed by atoms with van der Waals surface area (Å²) in [6.45, 7) is 0. The van der Waals surface area contributed by atoms with Crippen LogP contribution in [0.3, 0.4) is 0 Å². The molecule has 2 heterocycles. The summed E-state index contributed by atoms with van der Waals surface area (Å²) < 4.78 is 1.51. The number of hydrogen-bond acceptors (Lipinski definition) is 3. The molecule has 10 heavy (non-hydrogen) atoms. The molecular weight excluding hydrogens is 132 g/mol. The lowest BCUT2D eigenvalue weighted by Crippen LogP contribution is -2.12. The van der Waals surface area contributed by atoms with Gasteiger partial charge in [-0.05, 0) is 0 Å². The SMILES string of the molecule is O=c1ncc2cncn2[nH]1. The van der Waals surface area contributed by atoms with Gasteiger partial charge in [-0.25, -0.2) is 19.4 Å². The van der Waals surface area contributed by atoms with E-state index >= 15 is 0 Å². The third kappa shape index (κ3) is 0.604. The van der Waals surface area contributed by atoms with Crippen LogP contribution in [0.1, 0.15) is 0 Å². The van der Waals surface area contributed by atoms with Crippen LogP contribution < -0.4 is 5.69 Å². The lowest BCUT2D eigenvalue weighted by molar-refractivity contribution is 0.851. The van der Waals surface area contributed by atoms with Gasteiger partial charge in [-0.15, -0.1) is 0 Å². The fourth-order valence-corrected chi connectivity index (χ4v) is 0.751. The fraction of sp³-hybridized carbons (Fsp3) is 0. The summed E-state index contributed by atoms with van der Waals surface area (Å²) in [4.78, 5) is 17.9. The highest BCUT2D eigenvalue weighted by molar-refractivity contribution is 5.39. The maximum atomic E-state index is 10.6. The molecule has 0 aliphatic carbocycles. The number of fused-ring (bicyclic) bond motifs is 1. The van der Waals surface area contributed by atoms with Crippen LogP contribution in [0, 0.1) is 0 Å². The van der Waals surface area contributed by atoms with Gasteiger partial charge >= 0.3 is 5.69 Å². The highest BCUT2D eigenvalue weighted by Gasteiger charge is 1.90. The summed E-state index contributed by atoms with van der Waals surface area (Å²) in [5.41, 5.74) is 0.408. The van der Waals surface area contributed by atoms with E-state index in [4.69, 9.17) is 0 Å². The first kappa shape index (κ1) is 5.16. The van der Waals surface area contributed by atoms with E-state index in [1.165, 1.54) is 17.0 Å². The van der Waals surface area contributed by atoms with Gasteiger partial charge in [0.25, 0.3) is 0 Å². The molecule has 5 heteroatoms. The summed E-state index contributed by atoms with van der Waals surface area (Å²) in [5, 5.41) is 2.46. The second kappa shape index (κ2) is 1.66. The molecule has 2 aromatic rings. The van der Waals surface area contributed by atoms with E-state index in [1.807, 2.05) is 0 Å². The maximum absolute atomic E-state index is 10.6. The van der Waals surface area contributed by atoms with Gasteiger partial charge in [0.15, 0.2) is 0 Å². The largest absolute Gasteiger partial charge is 0.360 e. The van der Waals surface area contributed by atoms with Crippen molar-refractivity contribution in [3.8, 4) is 0 Å². The molecule has 50 valence electrons. The Morgan fingerprint density at radius 1 is 1.50 bits per heavy atom. The molecule has 0 unspecified atom stereocenters. The molecule has 0 spiro atoms. The predicted molar refractivity (Wildman–Crippen MR) is 33.6 cm³/mol. The molecule has 2 aromatic heterocycles. The van der Waals surface area contributed by atoms with Crippen LogP contribution in [0.2, 0.25) is 0 Å². The Morgan fingerprint density at radius 3 is 3.30 bits per heavy atom. The number of imidazole rings is 1. The smallest absolute Gasteiger partial charge is 0.244 e. The van der Waals surface area contributed by atoms with E-state index in [-0.39, 0.29) is 5.69 Å². The standard InChI is InChI=1S/C5H4N4O/c10-5-7-2-4-1-6-3-9(4)8-5/h1-3H,(H,8,10). The number of hydrogen-bond donors (Lipinski definition) is 1. The van der Waals surface area contributed by atoms with Crippen LogP contribution >= 0.6 is 0 Å². The van der Waals surface area contributed by atoms with E-state index in [2.05, 4.69) is 15.1 Å². The molecular formula is C5H4N4O. The van der Waals surface area contributed by atoms with Gasteiger partial charge in [-0.3, -0.25) is 0 Å². The molecule has 0 saturated heterocycles. The van der Waals surface area contributed by atoms with E-state index in [0.29, 0.717) is 0 Å². The number of H-pyrrole nitrogens is 1. The summed E-state index contributed by atoms with van der Waals surface area (Å²) >= 11 is 0. The normalized spacial score (nSPS) is 10.4. The Labute approximate surface area is 55.3 Å². The van der Waals surface area contributed by atoms with Gasteiger partial charge in [0.05, 0.1) is 12.4 Å². The Hall–Kier alpha value is -1.65. The topological polar surface area (TPSA) is 63.1 Å². The van der Waals surface area contributed by atoms with Crippen LogP contribution in [0.5, 0.6) is 0 Å². The van der Waals surface area contributed by atoms with E-state index < -0.39 is 0 Å². The summed E-state index contributed by atoms with van der Waals surface area (Å²) in [7, 11) is 0. The first-order valence-electron chi connectivity index (χ1n) is 2.74. The maximum Gasteiger partial charge on any atom is 0.360 e. The van der Waals surface area contributed by atoms with Gasteiger partial charge in [-0.1, -0.05) is 0 Å². The predicted octanol–water partition coefficient (Wildman–Crippen LogP) is -0.582. The molecule has 0 aliphatic rings. The Kier molecular flexibility index (Phi) is 0.858. The van der Waals surface area contributed by atoms with Gasteiger partial charge < -0.3 is 0 Å². The van der Waals surface area contributed by atoms with Crippen LogP contribution in [0.25, 0.3) is 5.52 Å². The minimum atomic E-state index is -0.370. The van der Waals surface area contributed by atoms with Gasteiger partial charge in [0, 0.05) is 0 Å². The minimum Gasteiger partial charge on any atom is -0.244 e. The Morgan fingerprint density at radius 2 is 2.40 bits per heavy atom. The van der Waals surface area contributed by atoms with Crippen molar-refractivity contribution in [1.29, 1.82) is 0 Å². The van der Waals surface area contributed by atoms with Crippen LogP contribution in [0.4, 0.5) is 0 Å². The molecule has 0 aromatic carbocycles. The second-order valence-corrected chi connectivity index (χ2v) is 1.86. The van der Waals surface area contributed by atoms with E-state index in [9.17, 15) is 4.79 Å². The number of nitrogens with one attached hydrogen (secondary N) is 1. The lowest BCUT2D eigenvalue weighted by Gasteiger charge is -1.87. The van der Waals surface area contributed by atoms with Crippen molar-refractivity contribution in [3.63, 3.8) is 0 Å². The zero-order valence-electron chi connectivity index (χ0n) is 4.98. The monoisotopic (exact) mass is 136 g/mol. The summed E-state index contributed by atoms with van der Waals surface area (Å²) in [5.74, 6) is 0. The molecule has 2 rings (SSSR count). The Balaban J connectivity index is 2.99. The van der Waals surface area contributed by atoms with Crippen molar-refractivity contribution in [2.24, 2.45) is 0 Å². The quantitative estimate of drug-likeness (QED) is 0.526. The molecule has 0 aliphatic heterocycles. The lowest BCUT2D eigenvalue weighted by atomic mass is 10.6. The molecule has 0 radical (unpaired) electrons. The average molecular weight is 136 g/mol. The van der Waals surface area contributed by atoms with Crippen molar-refractivity contribution < 1.29 is 0 Å². The molecule has 0 atom stereocenters. The van der Waals surface area contributed by atoms with Crippen LogP contribution in [0.15, 0.2) is 23.5 Å². The number of rotatable bonds is 0. The summed E-state index contributed by atoms with van der Waals surface area (Å²) in [6, 6.07) is 0. The minimum absolute atomic E-state index is 0.370. The average Bonchev–Trinajstić information content (AvgIpc) is 2.33. The summed E-state index contributed by atoms with van der Waals surface area (Å²) in [6.07, 6.45) is 4.59. The first-order chi connectivity index (χ1) is 4.86. The van der Waals surface area contributed by atoms with Crippen molar-refractivity contribution in [1.82, 2.24) is 19.6 Å². The van der Waals surface area contributed by atoms with Crippen LogP contribution in [-0.4, -0.2) is 19.6 Å². The van der Waals surface area contributed by atoms with Crippen molar-refractivity contribution in [2.45, 2.75) is 0 Å². The first-order valence-corrected chi connectivity index (χ1v) is 2.74. The van der Waals surface area contributed by atoms with Gasteiger partial charge in [0.2, 0.25) is 0 Å². The molecule has 0 saturated carbocycles. The molecule has 5 nitrogen and oxygen atoms in total. The molecule has 0 amide bonds. The third-order valence-electron chi connectivity index (χ3n) is 1.20. The fourth-order valence-electron chi connectivity index (χ4n) is 0.751. The van der Waals surface area contributed by atoms with Crippen LogP contribution in [-0.2, 0) is 0 Å². The van der Waals surface area contributed by atoms with Crippen molar-refractivity contribution >= 4 is 5.52 Å². The Bertz CT molecular complexity index is 401. The zero-order chi connectivity index (χ0) is 6.97. The van der Waals surface area contributed by atoms with Crippen molar-refractivity contribution in [2.75, 3.05) is 0 Å². The number of aromatic amines is 1. The van der Waals surface area contributed by atoms with E-state index in [0.717, 1.165) is 5.52 Å². The second-order valence-electron chi connectivity index (χ2n) is 1.86. The molecule has 0 bridgehead atoms. The molecule has 1 N–H and O–H groups in total.